The van der Waals surface area contributed by atoms with Crippen LogP contribution in [0.2, 0.25) is 0 Å². The second kappa shape index (κ2) is 8.31. The van der Waals surface area contributed by atoms with Crippen LogP contribution in [0.1, 0.15) is 18.4 Å². The number of anilines is 1. The van der Waals surface area contributed by atoms with Gasteiger partial charge in [-0.25, -0.2) is 0 Å². The van der Waals surface area contributed by atoms with Crippen LogP contribution < -0.4 is 10.7 Å². The molecule has 2 aliphatic heterocycles. The van der Waals surface area contributed by atoms with E-state index in [1.165, 1.54) is 5.69 Å². The first-order valence-corrected chi connectivity index (χ1v) is 8.92. The van der Waals surface area contributed by atoms with Gasteiger partial charge < -0.3 is 15.8 Å². The molecule has 3 rings (SSSR count). The van der Waals surface area contributed by atoms with Crippen molar-refractivity contribution in [1.29, 1.82) is 0 Å². The summed E-state index contributed by atoms with van der Waals surface area (Å²) < 4.78 is 0. The minimum Gasteiger partial charge on any atom is -0.480 e. The molecule has 0 aliphatic carbocycles. The molecule has 0 bridgehead atoms. The van der Waals surface area contributed by atoms with Gasteiger partial charge in [0.2, 0.25) is 0 Å². The van der Waals surface area contributed by atoms with Crippen LogP contribution in [0.25, 0.3) is 0 Å². The van der Waals surface area contributed by atoms with E-state index in [0.29, 0.717) is 6.04 Å². The normalized spacial score (nSPS) is 21.0. The van der Waals surface area contributed by atoms with Crippen molar-refractivity contribution in [2.75, 3.05) is 50.7 Å². The lowest BCUT2D eigenvalue weighted by Crippen LogP contribution is -2.53. The van der Waals surface area contributed by atoms with Gasteiger partial charge in [0, 0.05) is 51.0 Å². The molecule has 0 atom stereocenters. The van der Waals surface area contributed by atoms with Gasteiger partial charge in [0.05, 0.1) is 12.8 Å². The Morgan fingerprint density at radius 3 is 2.32 bits per heavy atom. The number of rotatable bonds is 5. The van der Waals surface area contributed by atoms with Gasteiger partial charge in [-0.2, -0.15) is 5.10 Å². The van der Waals surface area contributed by atoms with Crippen molar-refractivity contribution in [3.05, 3.63) is 29.8 Å². The van der Waals surface area contributed by atoms with Crippen LogP contribution in [0.5, 0.6) is 0 Å². The highest BCUT2D eigenvalue weighted by Gasteiger charge is 2.28. The third kappa shape index (κ3) is 4.70. The largest absolute Gasteiger partial charge is 0.480 e. The molecular formula is C18H27N5O2. The second-order valence-corrected chi connectivity index (χ2v) is 6.79. The third-order valence-corrected chi connectivity index (χ3v) is 5.23. The number of hydrogen-bond donors (Lipinski definition) is 2. The first-order chi connectivity index (χ1) is 12.2. The number of nitrogens with two attached hydrogens (primary N) is 1. The molecule has 2 fully saturated rings. The Hall–Kier alpha value is -2.12. The number of benzene rings is 1. The zero-order valence-corrected chi connectivity index (χ0v) is 14.5. The summed E-state index contributed by atoms with van der Waals surface area (Å²) in [7, 11) is 0. The van der Waals surface area contributed by atoms with Gasteiger partial charge in [-0.15, -0.1) is 0 Å². The Morgan fingerprint density at radius 2 is 1.76 bits per heavy atom. The van der Waals surface area contributed by atoms with Crippen molar-refractivity contribution in [2.24, 2.45) is 10.9 Å². The number of aliphatic carboxylic acids is 1. The number of carbonyl (C=O) groups is 1. The number of piperidine rings is 1. The summed E-state index contributed by atoms with van der Waals surface area (Å²) in [5, 5.41) is 12.4. The third-order valence-electron chi connectivity index (χ3n) is 5.23. The fourth-order valence-electron chi connectivity index (χ4n) is 3.84. The number of likely N-dealkylation sites (tertiary alicyclic amines) is 1. The predicted molar refractivity (Wildman–Crippen MR) is 99.1 cm³/mol. The number of carboxylic acid groups (broad SMARTS) is 1. The van der Waals surface area contributed by atoms with Crippen LogP contribution in [0.3, 0.4) is 0 Å². The SMILES string of the molecule is N/N=C\c1ccc(N2CCN(C3CCN(CC(=O)O)CC3)CC2)cc1. The molecule has 25 heavy (non-hydrogen) atoms. The summed E-state index contributed by atoms with van der Waals surface area (Å²) in [4.78, 5) is 17.8. The molecule has 0 unspecified atom stereocenters. The van der Waals surface area contributed by atoms with Crippen molar-refractivity contribution < 1.29 is 9.90 Å². The number of carboxylic acids is 1. The molecule has 2 aliphatic rings. The standard InChI is InChI=1S/C18H27N5O2/c19-20-13-15-1-3-16(4-2-15)22-9-11-23(12-10-22)17-5-7-21(8-6-17)14-18(24)25/h1-4,13,17H,5-12,14,19H2,(H,24,25)/b20-13-. The first-order valence-electron chi connectivity index (χ1n) is 8.92. The van der Waals surface area contributed by atoms with Gasteiger partial charge in [-0.05, 0) is 30.5 Å². The molecule has 1 aromatic rings. The topological polar surface area (TPSA) is 85.4 Å². The highest BCUT2D eigenvalue weighted by molar-refractivity contribution is 5.80. The van der Waals surface area contributed by atoms with E-state index in [2.05, 4.69) is 27.0 Å². The lowest BCUT2D eigenvalue weighted by atomic mass is 10.0. The Bertz CT molecular complexity index is 588. The molecule has 2 saturated heterocycles. The summed E-state index contributed by atoms with van der Waals surface area (Å²) in [6.45, 7) is 6.14. The summed E-state index contributed by atoms with van der Waals surface area (Å²) in [6, 6.07) is 8.91. The molecule has 0 spiro atoms. The van der Waals surface area contributed by atoms with E-state index < -0.39 is 5.97 Å². The first kappa shape index (κ1) is 17.7. The Morgan fingerprint density at radius 1 is 1.12 bits per heavy atom. The lowest BCUT2D eigenvalue weighted by Gasteiger charge is -2.43. The molecule has 3 N–H and O–H groups in total. The molecule has 0 aromatic heterocycles. The molecule has 0 saturated carbocycles. The van der Waals surface area contributed by atoms with Gasteiger partial charge in [0.1, 0.15) is 0 Å². The summed E-state index contributed by atoms with van der Waals surface area (Å²) in [6.07, 6.45) is 3.79. The van der Waals surface area contributed by atoms with Crippen LogP contribution >= 0.6 is 0 Å². The average Bonchev–Trinajstić information content (AvgIpc) is 2.63. The second-order valence-electron chi connectivity index (χ2n) is 6.79. The number of hydrazone groups is 1. The quantitative estimate of drug-likeness (QED) is 0.463. The van der Waals surface area contributed by atoms with Gasteiger partial charge in [-0.3, -0.25) is 14.6 Å². The van der Waals surface area contributed by atoms with Crippen molar-refractivity contribution in [3.63, 3.8) is 0 Å². The van der Waals surface area contributed by atoms with Crippen molar-refractivity contribution in [1.82, 2.24) is 9.80 Å². The molecular weight excluding hydrogens is 318 g/mol. The highest BCUT2D eigenvalue weighted by atomic mass is 16.4. The molecule has 1 aromatic carbocycles. The molecule has 2 heterocycles. The molecule has 0 radical (unpaired) electrons. The zero-order chi connectivity index (χ0) is 17.6. The van der Waals surface area contributed by atoms with E-state index in [9.17, 15) is 4.79 Å². The molecule has 7 heteroatoms. The van der Waals surface area contributed by atoms with Crippen molar-refractivity contribution in [3.8, 4) is 0 Å². The summed E-state index contributed by atoms with van der Waals surface area (Å²) >= 11 is 0. The van der Waals surface area contributed by atoms with Crippen LogP contribution in [0.4, 0.5) is 5.69 Å². The zero-order valence-electron chi connectivity index (χ0n) is 14.5. The Kier molecular flexibility index (Phi) is 5.88. The van der Waals surface area contributed by atoms with E-state index in [4.69, 9.17) is 10.9 Å². The molecule has 7 nitrogen and oxygen atoms in total. The number of nitrogens with zero attached hydrogens (tertiary/aromatic N) is 4. The van der Waals surface area contributed by atoms with Crippen LogP contribution in [0.15, 0.2) is 29.4 Å². The van der Waals surface area contributed by atoms with E-state index in [0.717, 1.165) is 57.7 Å². The minimum atomic E-state index is -0.726. The van der Waals surface area contributed by atoms with Gasteiger partial charge in [0.15, 0.2) is 0 Å². The van der Waals surface area contributed by atoms with E-state index in [1.807, 2.05) is 17.0 Å². The number of piperazine rings is 1. The molecule has 136 valence electrons. The summed E-state index contributed by atoms with van der Waals surface area (Å²) in [5.41, 5.74) is 2.25. The van der Waals surface area contributed by atoms with E-state index >= 15 is 0 Å². The highest BCUT2D eigenvalue weighted by Crippen LogP contribution is 2.21. The maximum atomic E-state index is 10.8. The Balaban J connectivity index is 1.46. The van der Waals surface area contributed by atoms with Gasteiger partial charge in [0.25, 0.3) is 0 Å². The predicted octanol–water partition coefficient (Wildman–Crippen LogP) is 0.650. The maximum absolute atomic E-state index is 10.8. The van der Waals surface area contributed by atoms with Crippen LogP contribution in [-0.4, -0.2) is 78.9 Å². The van der Waals surface area contributed by atoms with Gasteiger partial charge in [-0.1, -0.05) is 12.1 Å². The smallest absolute Gasteiger partial charge is 0.317 e. The van der Waals surface area contributed by atoms with E-state index in [1.54, 1.807) is 6.21 Å². The monoisotopic (exact) mass is 345 g/mol. The minimum absolute atomic E-state index is 0.172. The van der Waals surface area contributed by atoms with Crippen molar-refractivity contribution >= 4 is 17.9 Å². The fourth-order valence-corrected chi connectivity index (χ4v) is 3.84. The lowest BCUT2D eigenvalue weighted by molar-refractivity contribution is -0.138. The summed E-state index contributed by atoms with van der Waals surface area (Å²) in [5.74, 6) is 4.46. The maximum Gasteiger partial charge on any atom is 0.317 e. The van der Waals surface area contributed by atoms with Crippen LogP contribution in [-0.2, 0) is 4.79 Å². The fraction of sp³-hybridized carbons (Fsp3) is 0.556. The Labute approximate surface area is 148 Å². The van der Waals surface area contributed by atoms with Gasteiger partial charge >= 0.3 is 5.97 Å². The van der Waals surface area contributed by atoms with E-state index in [-0.39, 0.29) is 6.54 Å². The van der Waals surface area contributed by atoms with Crippen molar-refractivity contribution in [2.45, 2.75) is 18.9 Å². The number of hydrogen-bond acceptors (Lipinski definition) is 6. The molecule has 0 amide bonds. The average molecular weight is 345 g/mol. The van der Waals surface area contributed by atoms with Crippen LogP contribution in [0, 0.1) is 0 Å².